The summed E-state index contributed by atoms with van der Waals surface area (Å²) in [5, 5.41) is 0. The quantitative estimate of drug-likeness (QED) is 0.700. The van der Waals surface area contributed by atoms with Crippen molar-refractivity contribution in [1.29, 1.82) is 0 Å². The van der Waals surface area contributed by atoms with Crippen LogP contribution in [-0.4, -0.2) is 33.5 Å². The highest BCUT2D eigenvalue weighted by Crippen LogP contribution is 2.24. The topological polar surface area (TPSA) is 53.7 Å². The van der Waals surface area contributed by atoms with Gasteiger partial charge in [0.05, 0.1) is 6.61 Å². The molecule has 19 heavy (non-hydrogen) atoms. The van der Waals surface area contributed by atoms with Crippen LogP contribution in [0, 0.1) is 5.82 Å². The summed E-state index contributed by atoms with van der Waals surface area (Å²) in [6.07, 6.45) is 0.849. The number of hydrogen-bond acceptors (Lipinski definition) is 4. The first-order valence-corrected chi connectivity index (χ1v) is 6.39. The highest BCUT2D eigenvalue weighted by Gasteiger charge is 2.09. The monoisotopic (exact) mass is 271 g/mol. The van der Waals surface area contributed by atoms with Gasteiger partial charge < -0.3 is 19.9 Å². The predicted octanol–water partition coefficient (Wildman–Crippen LogP) is 2.28. The van der Waals surface area contributed by atoms with Gasteiger partial charge in [0.25, 0.3) is 0 Å². The van der Waals surface area contributed by atoms with E-state index in [-0.39, 0.29) is 11.9 Å². The van der Waals surface area contributed by atoms with Crippen molar-refractivity contribution in [2.75, 3.05) is 33.5 Å². The minimum absolute atomic E-state index is 0.196. The van der Waals surface area contributed by atoms with Crippen LogP contribution >= 0.6 is 0 Å². The number of rotatable bonds is 9. The maximum absolute atomic E-state index is 13.2. The van der Waals surface area contributed by atoms with Crippen LogP contribution in [0.3, 0.4) is 0 Å². The molecule has 0 saturated heterocycles. The third-order valence-electron chi connectivity index (χ3n) is 2.59. The first-order valence-electron chi connectivity index (χ1n) is 6.39. The van der Waals surface area contributed by atoms with Gasteiger partial charge in [-0.3, -0.25) is 0 Å². The predicted molar refractivity (Wildman–Crippen MR) is 71.8 cm³/mol. The molecule has 1 rings (SSSR count). The van der Waals surface area contributed by atoms with E-state index in [1.165, 1.54) is 12.1 Å². The molecule has 0 radical (unpaired) electrons. The molecule has 1 aromatic carbocycles. The molecule has 0 aliphatic heterocycles. The number of ether oxygens (including phenoxy) is 3. The molecule has 0 unspecified atom stereocenters. The highest BCUT2D eigenvalue weighted by molar-refractivity contribution is 5.36. The van der Waals surface area contributed by atoms with E-state index >= 15 is 0 Å². The van der Waals surface area contributed by atoms with Crippen LogP contribution in [0.15, 0.2) is 18.2 Å². The molecule has 0 spiro atoms. The van der Waals surface area contributed by atoms with Crippen LogP contribution in [0.4, 0.5) is 4.39 Å². The summed E-state index contributed by atoms with van der Waals surface area (Å²) >= 11 is 0. The summed E-state index contributed by atoms with van der Waals surface area (Å²) in [5.41, 5.74) is 6.59. The smallest absolute Gasteiger partial charge is 0.127 e. The van der Waals surface area contributed by atoms with E-state index in [4.69, 9.17) is 19.9 Å². The molecule has 1 atom stereocenters. The first-order chi connectivity index (χ1) is 9.15. The van der Waals surface area contributed by atoms with Crippen molar-refractivity contribution in [1.82, 2.24) is 0 Å². The average molecular weight is 271 g/mol. The van der Waals surface area contributed by atoms with Gasteiger partial charge in [0.2, 0.25) is 0 Å². The number of hydrogen-bond donors (Lipinski definition) is 1. The Morgan fingerprint density at radius 3 is 2.68 bits per heavy atom. The Bertz CT molecular complexity index is 372. The number of benzene rings is 1. The zero-order chi connectivity index (χ0) is 14.1. The number of methoxy groups -OCH3 is 1. The van der Waals surface area contributed by atoms with Gasteiger partial charge in [0.1, 0.15) is 18.2 Å². The molecular formula is C14H22FNO3. The van der Waals surface area contributed by atoms with Gasteiger partial charge in [-0.1, -0.05) is 6.07 Å². The van der Waals surface area contributed by atoms with Crippen molar-refractivity contribution < 1.29 is 18.6 Å². The van der Waals surface area contributed by atoms with Crippen LogP contribution in [0.25, 0.3) is 0 Å². The van der Waals surface area contributed by atoms with Crippen molar-refractivity contribution in [2.24, 2.45) is 5.73 Å². The number of nitrogens with two attached hydrogens (primary N) is 1. The maximum atomic E-state index is 13.2. The first kappa shape index (κ1) is 15.9. The summed E-state index contributed by atoms with van der Waals surface area (Å²) in [4.78, 5) is 0. The second-order valence-electron chi connectivity index (χ2n) is 4.28. The lowest BCUT2D eigenvalue weighted by Gasteiger charge is -2.14. The molecule has 0 aromatic heterocycles. The molecule has 0 heterocycles. The molecule has 5 heteroatoms. The van der Waals surface area contributed by atoms with Gasteiger partial charge >= 0.3 is 0 Å². The summed E-state index contributed by atoms with van der Waals surface area (Å²) in [6, 6.07) is 4.18. The van der Waals surface area contributed by atoms with E-state index in [0.29, 0.717) is 32.2 Å². The SMILES string of the molecule is COCCCOCCOc1cc(F)ccc1[C@H](C)N. The molecular weight excluding hydrogens is 249 g/mol. The zero-order valence-electron chi connectivity index (χ0n) is 11.5. The molecule has 108 valence electrons. The fourth-order valence-corrected chi connectivity index (χ4v) is 1.63. The van der Waals surface area contributed by atoms with E-state index in [1.54, 1.807) is 13.2 Å². The fourth-order valence-electron chi connectivity index (χ4n) is 1.63. The Morgan fingerprint density at radius 2 is 2.00 bits per heavy atom. The lowest BCUT2D eigenvalue weighted by Crippen LogP contribution is -2.12. The third-order valence-corrected chi connectivity index (χ3v) is 2.59. The molecule has 0 aliphatic carbocycles. The van der Waals surface area contributed by atoms with Gasteiger partial charge in [-0.25, -0.2) is 4.39 Å². The Hall–Kier alpha value is -1.17. The van der Waals surface area contributed by atoms with Gasteiger partial charge in [-0.05, 0) is 19.4 Å². The molecule has 4 nitrogen and oxygen atoms in total. The van der Waals surface area contributed by atoms with Crippen LogP contribution < -0.4 is 10.5 Å². The molecule has 2 N–H and O–H groups in total. The van der Waals surface area contributed by atoms with Crippen LogP contribution in [0.2, 0.25) is 0 Å². The summed E-state index contributed by atoms with van der Waals surface area (Å²) < 4.78 is 28.9. The average Bonchev–Trinajstić information content (AvgIpc) is 2.37. The Morgan fingerprint density at radius 1 is 1.21 bits per heavy atom. The summed E-state index contributed by atoms with van der Waals surface area (Å²) in [7, 11) is 1.66. The van der Waals surface area contributed by atoms with E-state index in [1.807, 2.05) is 6.92 Å². The van der Waals surface area contributed by atoms with Crippen LogP contribution in [0.1, 0.15) is 24.9 Å². The molecule has 1 aromatic rings. The zero-order valence-corrected chi connectivity index (χ0v) is 11.5. The molecule has 0 saturated carbocycles. The van der Waals surface area contributed by atoms with Gasteiger partial charge in [0.15, 0.2) is 0 Å². The molecule has 0 amide bonds. The van der Waals surface area contributed by atoms with Crippen molar-refractivity contribution in [3.63, 3.8) is 0 Å². The second kappa shape index (κ2) is 8.85. The summed E-state index contributed by atoms with van der Waals surface area (Å²) in [5.74, 6) is 0.149. The molecule has 0 aliphatic rings. The minimum Gasteiger partial charge on any atom is -0.491 e. The Kier molecular flexibility index (Phi) is 7.40. The minimum atomic E-state index is -0.333. The van der Waals surface area contributed by atoms with Crippen molar-refractivity contribution in [2.45, 2.75) is 19.4 Å². The second-order valence-corrected chi connectivity index (χ2v) is 4.28. The van der Waals surface area contributed by atoms with Crippen molar-refractivity contribution in [3.8, 4) is 5.75 Å². The lowest BCUT2D eigenvalue weighted by atomic mass is 10.1. The van der Waals surface area contributed by atoms with Gasteiger partial charge in [-0.2, -0.15) is 0 Å². The standard InChI is InChI=1S/C14H22FNO3/c1-11(16)13-5-4-12(15)10-14(13)19-9-8-18-7-3-6-17-2/h4-5,10-11H,3,6-9,16H2,1-2H3/t11-/m0/s1. The number of halogens is 1. The van der Waals surface area contributed by atoms with E-state index in [9.17, 15) is 4.39 Å². The maximum Gasteiger partial charge on any atom is 0.127 e. The molecule has 0 fully saturated rings. The highest BCUT2D eigenvalue weighted by atomic mass is 19.1. The Labute approximate surface area is 113 Å². The largest absolute Gasteiger partial charge is 0.491 e. The van der Waals surface area contributed by atoms with Crippen molar-refractivity contribution >= 4 is 0 Å². The Balaban J connectivity index is 2.34. The van der Waals surface area contributed by atoms with Crippen LogP contribution in [-0.2, 0) is 9.47 Å². The summed E-state index contributed by atoms with van der Waals surface area (Å²) in [6.45, 7) is 3.97. The third kappa shape index (κ3) is 6.00. The van der Waals surface area contributed by atoms with E-state index in [2.05, 4.69) is 0 Å². The van der Waals surface area contributed by atoms with Gasteiger partial charge in [0, 0.05) is 38.0 Å². The lowest BCUT2D eigenvalue weighted by molar-refractivity contribution is 0.0802. The van der Waals surface area contributed by atoms with E-state index < -0.39 is 0 Å². The fraction of sp³-hybridized carbons (Fsp3) is 0.571. The van der Waals surface area contributed by atoms with E-state index in [0.717, 1.165) is 12.0 Å². The van der Waals surface area contributed by atoms with Crippen molar-refractivity contribution in [3.05, 3.63) is 29.6 Å². The molecule has 0 bridgehead atoms. The van der Waals surface area contributed by atoms with Gasteiger partial charge in [-0.15, -0.1) is 0 Å². The normalized spacial score (nSPS) is 12.4. The van der Waals surface area contributed by atoms with Crippen LogP contribution in [0.5, 0.6) is 5.75 Å².